The summed E-state index contributed by atoms with van der Waals surface area (Å²) in [6, 6.07) is 13.7. The Balaban J connectivity index is 1.42. The molecule has 2 aliphatic rings. The molecule has 4 rings (SSSR count). The third-order valence-corrected chi connectivity index (χ3v) is 6.71. The molecular formula is C25H28BrN3O4. The van der Waals surface area contributed by atoms with E-state index in [0.29, 0.717) is 42.8 Å². The Morgan fingerprint density at radius 1 is 1.00 bits per heavy atom. The molecule has 0 radical (unpaired) electrons. The summed E-state index contributed by atoms with van der Waals surface area (Å²) in [5.74, 6) is 0.169. The molecule has 1 aliphatic carbocycles. The van der Waals surface area contributed by atoms with E-state index in [1.807, 2.05) is 23.1 Å². The van der Waals surface area contributed by atoms with Crippen LogP contribution in [0.3, 0.4) is 0 Å². The van der Waals surface area contributed by atoms with Gasteiger partial charge in [0.2, 0.25) is 5.91 Å². The number of methoxy groups -OCH3 is 1. The Kier molecular flexibility index (Phi) is 7.33. The van der Waals surface area contributed by atoms with Crippen LogP contribution in [-0.2, 0) is 4.79 Å². The second-order valence-electron chi connectivity index (χ2n) is 8.60. The number of carbonyl (C=O) groups is 3. The molecule has 0 spiro atoms. The molecular weight excluding hydrogens is 486 g/mol. The number of amides is 3. The van der Waals surface area contributed by atoms with Crippen molar-refractivity contribution in [3.05, 3.63) is 64.1 Å². The molecule has 2 fully saturated rings. The molecule has 8 heteroatoms. The second kappa shape index (κ2) is 10.4. The molecule has 1 atom stereocenters. The van der Waals surface area contributed by atoms with Crippen LogP contribution < -0.4 is 15.4 Å². The number of nitrogens with zero attached hydrogens (tertiary/aromatic N) is 1. The second-order valence-corrected chi connectivity index (χ2v) is 9.52. The first-order valence-corrected chi connectivity index (χ1v) is 12.0. The van der Waals surface area contributed by atoms with Crippen molar-refractivity contribution in [2.75, 3.05) is 20.2 Å². The maximum atomic E-state index is 13.0. The van der Waals surface area contributed by atoms with E-state index < -0.39 is 6.04 Å². The minimum atomic E-state index is -0.636. The van der Waals surface area contributed by atoms with Gasteiger partial charge in [0.25, 0.3) is 11.8 Å². The van der Waals surface area contributed by atoms with E-state index in [1.165, 1.54) is 0 Å². The number of rotatable bonds is 7. The first-order valence-electron chi connectivity index (χ1n) is 11.2. The quantitative estimate of drug-likeness (QED) is 0.593. The fraction of sp³-hybridized carbons (Fsp3) is 0.400. The summed E-state index contributed by atoms with van der Waals surface area (Å²) in [5, 5.41) is 5.99. The predicted molar refractivity (Wildman–Crippen MR) is 128 cm³/mol. The van der Waals surface area contributed by atoms with Crippen LogP contribution in [0.2, 0.25) is 0 Å². The molecule has 1 saturated carbocycles. The maximum Gasteiger partial charge on any atom is 0.253 e. The molecule has 2 N–H and O–H groups in total. The van der Waals surface area contributed by atoms with Crippen molar-refractivity contribution < 1.29 is 19.1 Å². The predicted octanol–water partition coefficient (Wildman–Crippen LogP) is 3.39. The summed E-state index contributed by atoms with van der Waals surface area (Å²) in [7, 11) is 1.57. The number of likely N-dealkylation sites (tertiary alicyclic amines) is 1. The molecule has 1 unspecified atom stereocenters. The van der Waals surface area contributed by atoms with E-state index in [2.05, 4.69) is 26.6 Å². The zero-order valence-electron chi connectivity index (χ0n) is 18.6. The molecule has 33 heavy (non-hydrogen) atoms. The van der Waals surface area contributed by atoms with Gasteiger partial charge in [-0.3, -0.25) is 14.4 Å². The highest BCUT2D eigenvalue weighted by atomic mass is 79.9. The van der Waals surface area contributed by atoms with Crippen molar-refractivity contribution in [2.45, 2.75) is 37.8 Å². The van der Waals surface area contributed by atoms with Gasteiger partial charge in [-0.2, -0.15) is 0 Å². The average molecular weight is 514 g/mol. The minimum Gasteiger partial charge on any atom is -0.497 e. The first-order chi connectivity index (χ1) is 15.9. The van der Waals surface area contributed by atoms with Crippen LogP contribution in [0.1, 0.15) is 46.4 Å². The van der Waals surface area contributed by atoms with Gasteiger partial charge in [0.1, 0.15) is 11.8 Å². The molecule has 7 nitrogen and oxygen atoms in total. The van der Waals surface area contributed by atoms with E-state index in [4.69, 9.17) is 4.74 Å². The van der Waals surface area contributed by atoms with Crippen molar-refractivity contribution in [1.82, 2.24) is 15.5 Å². The lowest BCUT2D eigenvalue weighted by atomic mass is 9.88. The Morgan fingerprint density at radius 3 is 2.30 bits per heavy atom. The fourth-order valence-electron chi connectivity index (χ4n) is 4.12. The third-order valence-electron chi connectivity index (χ3n) is 6.21. The molecule has 1 saturated heterocycles. The molecule has 2 aromatic carbocycles. The summed E-state index contributed by atoms with van der Waals surface area (Å²) in [6.45, 7) is 1.09. The number of ether oxygens (including phenoxy) is 1. The Bertz CT molecular complexity index is 1010. The van der Waals surface area contributed by atoms with Crippen LogP contribution in [0.4, 0.5) is 0 Å². The lowest BCUT2D eigenvalue weighted by molar-refractivity contribution is -0.124. The van der Waals surface area contributed by atoms with Gasteiger partial charge in [-0.25, -0.2) is 0 Å². The summed E-state index contributed by atoms with van der Waals surface area (Å²) in [5.41, 5.74) is 1.11. The zero-order valence-corrected chi connectivity index (χ0v) is 20.1. The molecule has 0 bridgehead atoms. The molecule has 174 valence electrons. The standard InChI is InChI=1S/C25H28BrN3O4/c1-33-21-9-5-17(6-10-21)23(30)28-22(24(31)27-20-7-8-20)16-11-13-29(14-12-16)25(32)18-3-2-4-19(26)15-18/h2-6,9-10,15-16,20,22H,7-8,11-14H2,1H3,(H,27,31)(H,28,30). The Labute approximate surface area is 202 Å². The van der Waals surface area contributed by atoms with Crippen LogP contribution in [0.5, 0.6) is 5.75 Å². The highest BCUT2D eigenvalue weighted by Crippen LogP contribution is 2.25. The zero-order chi connectivity index (χ0) is 23.4. The van der Waals surface area contributed by atoms with Gasteiger partial charge in [0.15, 0.2) is 0 Å². The number of carbonyl (C=O) groups excluding carboxylic acids is 3. The summed E-state index contributed by atoms with van der Waals surface area (Å²) in [6.07, 6.45) is 3.24. The first kappa shape index (κ1) is 23.3. The Morgan fingerprint density at radius 2 is 1.70 bits per heavy atom. The van der Waals surface area contributed by atoms with Gasteiger partial charge in [-0.15, -0.1) is 0 Å². The SMILES string of the molecule is COc1ccc(C(=O)NC(C(=O)NC2CC2)C2CCN(C(=O)c3cccc(Br)c3)CC2)cc1. The van der Waals surface area contributed by atoms with Crippen LogP contribution in [0.15, 0.2) is 53.0 Å². The van der Waals surface area contributed by atoms with Gasteiger partial charge in [0.05, 0.1) is 7.11 Å². The van der Waals surface area contributed by atoms with Gasteiger partial charge in [-0.1, -0.05) is 22.0 Å². The normalized spacial score (nSPS) is 17.2. The fourth-order valence-corrected chi connectivity index (χ4v) is 4.52. The van der Waals surface area contributed by atoms with Gasteiger partial charge < -0.3 is 20.3 Å². The van der Waals surface area contributed by atoms with Crippen LogP contribution in [0.25, 0.3) is 0 Å². The van der Waals surface area contributed by atoms with Crippen LogP contribution in [0, 0.1) is 5.92 Å². The van der Waals surface area contributed by atoms with Crippen molar-refractivity contribution >= 4 is 33.7 Å². The maximum absolute atomic E-state index is 13.0. The minimum absolute atomic E-state index is 0.0176. The molecule has 0 aromatic heterocycles. The van der Waals surface area contributed by atoms with Crippen molar-refractivity contribution in [2.24, 2.45) is 5.92 Å². The summed E-state index contributed by atoms with van der Waals surface area (Å²) < 4.78 is 6.01. The highest BCUT2D eigenvalue weighted by Gasteiger charge is 2.36. The van der Waals surface area contributed by atoms with Crippen LogP contribution >= 0.6 is 15.9 Å². The summed E-state index contributed by atoms with van der Waals surface area (Å²) in [4.78, 5) is 40.6. The van der Waals surface area contributed by atoms with Gasteiger partial charge in [0, 0.05) is 34.7 Å². The number of hydrogen-bond donors (Lipinski definition) is 2. The largest absolute Gasteiger partial charge is 0.497 e. The molecule has 1 heterocycles. The van der Waals surface area contributed by atoms with Crippen molar-refractivity contribution in [3.63, 3.8) is 0 Å². The molecule has 3 amide bonds. The molecule has 2 aromatic rings. The topological polar surface area (TPSA) is 87.7 Å². The third kappa shape index (κ3) is 5.93. The summed E-state index contributed by atoms with van der Waals surface area (Å²) >= 11 is 3.41. The van der Waals surface area contributed by atoms with E-state index in [1.54, 1.807) is 37.4 Å². The number of halogens is 1. The van der Waals surface area contributed by atoms with Crippen molar-refractivity contribution in [1.29, 1.82) is 0 Å². The van der Waals surface area contributed by atoms with Gasteiger partial charge in [-0.05, 0) is 74.1 Å². The highest BCUT2D eigenvalue weighted by molar-refractivity contribution is 9.10. The number of nitrogens with one attached hydrogen (secondary N) is 2. The van der Waals surface area contributed by atoms with E-state index in [0.717, 1.165) is 17.3 Å². The number of piperidine rings is 1. The Hall–Kier alpha value is -2.87. The lowest BCUT2D eigenvalue weighted by Crippen LogP contribution is -2.54. The van der Waals surface area contributed by atoms with Gasteiger partial charge >= 0.3 is 0 Å². The number of benzene rings is 2. The smallest absolute Gasteiger partial charge is 0.253 e. The van der Waals surface area contributed by atoms with Crippen molar-refractivity contribution in [3.8, 4) is 5.75 Å². The molecule has 1 aliphatic heterocycles. The van der Waals surface area contributed by atoms with Crippen LogP contribution in [-0.4, -0.2) is 54.9 Å². The van der Waals surface area contributed by atoms with E-state index in [-0.39, 0.29) is 29.7 Å². The lowest BCUT2D eigenvalue weighted by Gasteiger charge is -2.36. The van der Waals surface area contributed by atoms with E-state index >= 15 is 0 Å². The average Bonchev–Trinajstić information content (AvgIpc) is 3.66. The monoisotopic (exact) mass is 513 g/mol. The van der Waals surface area contributed by atoms with E-state index in [9.17, 15) is 14.4 Å². The number of hydrogen-bond acceptors (Lipinski definition) is 4.